The van der Waals surface area contributed by atoms with E-state index in [1.807, 2.05) is 71.1 Å². The lowest BCUT2D eigenvalue weighted by molar-refractivity contribution is -0.135. The molecule has 9 heteroatoms. The van der Waals surface area contributed by atoms with Gasteiger partial charge in [-0.15, -0.1) is 10.2 Å². The number of amides is 1. The van der Waals surface area contributed by atoms with Gasteiger partial charge in [-0.2, -0.15) is 0 Å². The summed E-state index contributed by atoms with van der Waals surface area (Å²) in [5.74, 6) is 1.62. The van der Waals surface area contributed by atoms with E-state index < -0.39 is 0 Å². The van der Waals surface area contributed by atoms with Crippen LogP contribution in [-0.4, -0.2) is 63.8 Å². The molecule has 1 aromatic heterocycles. The Bertz CT molecular complexity index is 1070. The van der Waals surface area contributed by atoms with E-state index in [1.54, 1.807) is 0 Å². The van der Waals surface area contributed by atoms with Crippen LogP contribution in [0.4, 0.5) is 0 Å². The first-order valence-electron chi connectivity index (χ1n) is 10.8. The number of fused-ring (bicyclic) bond motifs is 1. The number of nitrogens with zero attached hydrogens (tertiary/aromatic N) is 4. The summed E-state index contributed by atoms with van der Waals surface area (Å²) in [4.78, 5) is 15.4. The predicted octanol–water partition coefficient (Wildman–Crippen LogP) is 2.96. The first kappa shape index (κ1) is 20.8. The third-order valence-electron chi connectivity index (χ3n) is 5.59. The molecule has 0 bridgehead atoms. The van der Waals surface area contributed by atoms with Crippen LogP contribution in [0.1, 0.15) is 18.5 Å². The zero-order valence-electron chi connectivity index (χ0n) is 17.8. The lowest BCUT2D eigenvalue weighted by Gasteiger charge is -2.37. The summed E-state index contributed by atoms with van der Waals surface area (Å²) in [5, 5.41) is 9.09. The lowest BCUT2D eigenvalue weighted by Crippen LogP contribution is -2.49. The Morgan fingerprint density at radius 2 is 1.88 bits per heavy atom. The van der Waals surface area contributed by atoms with Crippen molar-refractivity contribution in [2.24, 2.45) is 0 Å². The summed E-state index contributed by atoms with van der Waals surface area (Å²) in [5.41, 5.74) is 5.50. The van der Waals surface area contributed by atoms with Crippen molar-refractivity contribution in [2.45, 2.75) is 23.4 Å². The highest BCUT2D eigenvalue weighted by atomic mass is 32.2. The number of rotatable bonds is 5. The van der Waals surface area contributed by atoms with Crippen molar-refractivity contribution >= 4 is 17.7 Å². The monoisotopic (exact) mass is 451 g/mol. The van der Waals surface area contributed by atoms with Gasteiger partial charge in [0.25, 0.3) is 0 Å². The Kier molecular flexibility index (Phi) is 6.00. The third kappa shape index (κ3) is 4.05. The minimum absolute atomic E-state index is 0.0835. The van der Waals surface area contributed by atoms with Crippen molar-refractivity contribution in [2.75, 3.05) is 38.3 Å². The van der Waals surface area contributed by atoms with E-state index in [-0.39, 0.29) is 17.2 Å². The second-order valence-electron chi connectivity index (χ2n) is 7.59. The van der Waals surface area contributed by atoms with Crippen LogP contribution in [0.15, 0.2) is 59.8 Å². The van der Waals surface area contributed by atoms with E-state index in [9.17, 15) is 4.79 Å². The van der Waals surface area contributed by atoms with Crippen LogP contribution in [0.25, 0.3) is 11.4 Å². The molecular formula is C23H25N5O3S. The zero-order chi connectivity index (χ0) is 21.9. The fraction of sp³-hybridized carbons (Fsp3) is 0.348. The summed E-state index contributed by atoms with van der Waals surface area (Å²) >= 11 is 1.46. The van der Waals surface area contributed by atoms with Crippen LogP contribution in [0.2, 0.25) is 0 Å². The summed E-state index contributed by atoms with van der Waals surface area (Å²) in [6, 6.07) is 17.6. The molecule has 0 unspecified atom stereocenters. The van der Waals surface area contributed by atoms with Crippen molar-refractivity contribution in [1.82, 2.24) is 19.8 Å². The van der Waals surface area contributed by atoms with Crippen molar-refractivity contribution in [3.8, 4) is 17.1 Å². The number of hydrogen-bond donors (Lipinski definition) is 1. The van der Waals surface area contributed by atoms with Gasteiger partial charge in [-0.1, -0.05) is 54.2 Å². The number of thioether (sulfide) groups is 1. The van der Waals surface area contributed by atoms with Crippen LogP contribution < -0.4 is 10.2 Å². The zero-order valence-corrected chi connectivity index (χ0v) is 18.6. The largest absolute Gasteiger partial charge is 0.494 e. The molecule has 1 saturated heterocycles. The van der Waals surface area contributed by atoms with Gasteiger partial charge in [0, 0.05) is 18.7 Å². The maximum Gasteiger partial charge on any atom is 0.238 e. The maximum atomic E-state index is 13.5. The average molecular weight is 452 g/mol. The molecule has 3 aromatic rings. The molecule has 1 fully saturated rings. The number of benzene rings is 2. The highest BCUT2D eigenvalue weighted by Gasteiger charge is 2.40. The molecule has 0 saturated carbocycles. The molecule has 5 rings (SSSR count). The van der Waals surface area contributed by atoms with E-state index in [1.165, 1.54) is 11.8 Å². The molecule has 2 atom stereocenters. The Morgan fingerprint density at radius 3 is 2.59 bits per heavy atom. The van der Waals surface area contributed by atoms with E-state index >= 15 is 0 Å². The van der Waals surface area contributed by atoms with Gasteiger partial charge in [-0.05, 0) is 24.6 Å². The molecule has 32 heavy (non-hydrogen) atoms. The van der Waals surface area contributed by atoms with E-state index in [0.29, 0.717) is 38.1 Å². The number of nitrogens with one attached hydrogen (secondary N) is 1. The molecule has 2 aromatic carbocycles. The topological polar surface area (TPSA) is 81.5 Å². The van der Waals surface area contributed by atoms with E-state index in [4.69, 9.17) is 9.47 Å². The van der Waals surface area contributed by atoms with Gasteiger partial charge in [0.1, 0.15) is 11.0 Å². The minimum Gasteiger partial charge on any atom is -0.494 e. The molecule has 0 spiro atoms. The molecule has 0 radical (unpaired) electrons. The molecule has 8 nitrogen and oxygen atoms in total. The number of carbonyl (C=O) groups excluding carboxylic acids is 1. The standard InChI is InChI=1S/C23H25N5O3S/c1-2-31-18-10-8-16(9-11-18)19-20(22(29)27-12-14-30-15-13-27)32-23-25-24-21(28(23)26-19)17-6-4-3-5-7-17/h3-11,19-20,26H,2,12-15H2,1H3/t19-,20+/m1/s1. The van der Waals surface area contributed by atoms with Gasteiger partial charge in [0.05, 0.1) is 25.9 Å². The predicted molar refractivity (Wildman–Crippen MR) is 122 cm³/mol. The Morgan fingerprint density at radius 1 is 1.12 bits per heavy atom. The maximum absolute atomic E-state index is 13.5. The van der Waals surface area contributed by atoms with Crippen LogP contribution in [-0.2, 0) is 9.53 Å². The number of aromatic nitrogens is 3. The molecule has 166 valence electrons. The molecule has 1 amide bonds. The Labute approximate surface area is 190 Å². The van der Waals surface area contributed by atoms with E-state index in [2.05, 4.69) is 15.6 Å². The minimum atomic E-state index is -0.369. The molecule has 3 heterocycles. The van der Waals surface area contributed by atoms with Crippen LogP contribution in [0.3, 0.4) is 0 Å². The first-order valence-corrected chi connectivity index (χ1v) is 11.7. The molecule has 0 aliphatic carbocycles. The van der Waals surface area contributed by atoms with Crippen LogP contribution >= 0.6 is 11.8 Å². The summed E-state index contributed by atoms with van der Waals surface area (Å²) in [7, 11) is 0. The van der Waals surface area contributed by atoms with Gasteiger partial charge in [0.2, 0.25) is 11.1 Å². The molecule has 2 aliphatic rings. The Hall–Kier alpha value is -3.04. The van der Waals surface area contributed by atoms with Crippen molar-refractivity contribution in [3.63, 3.8) is 0 Å². The number of hydrogen-bond acceptors (Lipinski definition) is 7. The van der Waals surface area contributed by atoms with E-state index in [0.717, 1.165) is 22.7 Å². The molecule has 2 aliphatic heterocycles. The lowest BCUT2D eigenvalue weighted by atomic mass is 10.0. The van der Waals surface area contributed by atoms with Crippen molar-refractivity contribution in [1.29, 1.82) is 0 Å². The molecular weight excluding hydrogens is 426 g/mol. The number of carbonyl (C=O) groups is 1. The Balaban J connectivity index is 1.50. The highest BCUT2D eigenvalue weighted by Crippen LogP contribution is 2.39. The molecule has 1 N–H and O–H groups in total. The first-order chi connectivity index (χ1) is 15.7. The third-order valence-corrected chi connectivity index (χ3v) is 6.79. The van der Waals surface area contributed by atoms with Gasteiger partial charge < -0.3 is 19.8 Å². The average Bonchev–Trinajstić information content (AvgIpc) is 3.27. The van der Waals surface area contributed by atoms with Crippen LogP contribution in [0.5, 0.6) is 5.75 Å². The van der Waals surface area contributed by atoms with Gasteiger partial charge in [0.15, 0.2) is 5.82 Å². The van der Waals surface area contributed by atoms with Gasteiger partial charge in [-0.25, -0.2) is 4.68 Å². The number of morpholine rings is 1. The normalized spacial score (nSPS) is 20.3. The second-order valence-corrected chi connectivity index (χ2v) is 8.70. The summed E-state index contributed by atoms with van der Waals surface area (Å²) in [6.07, 6.45) is 0. The van der Waals surface area contributed by atoms with Gasteiger partial charge in [-0.3, -0.25) is 4.79 Å². The quantitative estimate of drug-likeness (QED) is 0.639. The fourth-order valence-corrected chi connectivity index (χ4v) is 5.13. The van der Waals surface area contributed by atoms with Crippen molar-refractivity contribution < 1.29 is 14.3 Å². The summed E-state index contributed by atoms with van der Waals surface area (Å²) < 4.78 is 12.9. The fourth-order valence-electron chi connectivity index (χ4n) is 3.97. The van der Waals surface area contributed by atoms with Gasteiger partial charge >= 0.3 is 0 Å². The second kappa shape index (κ2) is 9.22. The SMILES string of the molecule is CCOc1ccc([C@H]2Nn3c(nnc3-c3ccccc3)S[C@@H]2C(=O)N2CCOCC2)cc1. The number of ether oxygens (including phenoxy) is 2. The smallest absolute Gasteiger partial charge is 0.238 e. The highest BCUT2D eigenvalue weighted by molar-refractivity contribution is 8.00. The van der Waals surface area contributed by atoms with Crippen LogP contribution in [0, 0.1) is 0 Å². The summed E-state index contributed by atoms with van der Waals surface area (Å²) in [6.45, 7) is 4.92. The van der Waals surface area contributed by atoms with Crippen molar-refractivity contribution in [3.05, 3.63) is 60.2 Å².